The molecule has 0 unspecified atom stereocenters. The van der Waals surface area contributed by atoms with Crippen LogP contribution in [0.1, 0.15) is 38.3 Å². The highest BCUT2D eigenvalue weighted by Gasteiger charge is 2.12. The van der Waals surface area contributed by atoms with Gasteiger partial charge >= 0.3 is 0 Å². The molecule has 1 rings (SSSR count). The van der Waals surface area contributed by atoms with Gasteiger partial charge in [-0.2, -0.15) is 0 Å². The molecular formula is C19H33N3O2. The first-order valence-corrected chi connectivity index (χ1v) is 8.58. The van der Waals surface area contributed by atoms with Crippen LogP contribution in [0, 0.1) is 0 Å². The van der Waals surface area contributed by atoms with Crippen molar-refractivity contribution in [1.82, 2.24) is 10.6 Å². The van der Waals surface area contributed by atoms with Gasteiger partial charge in [-0.25, -0.2) is 0 Å². The molecule has 0 aliphatic carbocycles. The molecule has 0 heterocycles. The summed E-state index contributed by atoms with van der Waals surface area (Å²) in [7, 11) is 3.46. The van der Waals surface area contributed by atoms with Gasteiger partial charge in [0.25, 0.3) is 0 Å². The molecule has 0 aromatic heterocycles. The molecule has 0 spiro atoms. The third kappa shape index (κ3) is 8.31. The van der Waals surface area contributed by atoms with Crippen molar-refractivity contribution >= 4 is 5.96 Å². The number of nitrogens with one attached hydrogen (secondary N) is 2. The lowest BCUT2D eigenvalue weighted by Crippen LogP contribution is -2.37. The van der Waals surface area contributed by atoms with E-state index >= 15 is 0 Å². The molecule has 0 aliphatic rings. The number of aliphatic imine (C=N–C) groups is 1. The largest absolute Gasteiger partial charge is 0.382 e. The van der Waals surface area contributed by atoms with Crippen LogP contribution in [0.3, 0.4) is 0 Å². The highest BCUT2D eigenvalue weighted by atomic mass is 16.5. The molecule has 1 aromatic carbocycles. The van der Waals surface area contributed by atoms with Crippen LogP contribution in [0.2, 0.25) is 0 Å². The first-order chi connectivity index (χ1) is 11.5. The van der Waals surface area contributed by atoms with Crippen LogP contribution in [0.15, 0.2) is 29.3 Å². The van der Waals surface area contributed by atoms with Crippen molar-refractivity contribution in [3.8, 4) is 0 Å². The van der Waals surface area contributed by atoms with Gasteiger partial charge in [0, 0.05) is 33.9 Å². The van der Waals surface area contributed by atoms with Gasteiger partial charge in [0.1, 0.15) is 0 Å². The molecule has 5 nitrogen and oxygen atoms in total. The lowest BCUT2D eigenvalue weighted by atomic mass is 9.87. The summed E-state index contributed by atoms with van der Waals surface area (Å²) >= 11 is 0. The number of rotatable bonds is 9. The van der Waals surface area contributed by atoms with Crippen LogP contribution in [0.5, 0.6) is 0 Å². The minimum absolute atomic E-state index is 0.189. The van der Waals surface area contributed by atoms with Crippen molar-refractivity contribution < 1.29 is 9.47 Å². The molecule has 2 N–H and O–H groups in total. The molecule has 24 heavy (non-hydrogen) atoms. The van der Waals surface area contributed by atoms with E-state index < -0.39 is 0 Å². The van der Waals surface area contributed by atoms with Gasteiger partial charge in [-0.15, -0.1) is 0 Å². The summed E-state index contributed by atoms with van der Waals surface area (Å²) in [4.78, 5) is 4.24. The van der Waals surface area contributed by atoms with Crippen LogP contribution in [-0.2, 0) is 21.4 Å². The molecule has 0 fully saturated rings. The summed E-state index contributed by atoms with van der Waals surface area (Å²) in [5.41, 5.74) is 2.78. The standard InChI is InChI=1S/C19H33N3O2/c1-19(2,3)17-9-7-16(8-10-17)15-22-18(20-4)21-11-6-12-24-14-13-23-5/h7-10H,6,11-15H2,1-5H3,(H2,20,21,22). The average Bonchev–Trinajstić information content (AvgIpc) is 2.56. The minimum atomic E-state index is 0.189. The molecule has 1 aromatic rings. The van der Waals surface area contributed by atoms with Crippen molar-refractivity contribution in [2.45, 2.75) is 39.2 Å². The zero-order valence-corrected chi connectivity index (χ0v) is 15.8. The van der Waals surface area contributed by atoms with Crippen molar-refractivity contribution in [2.24, 2.45) is 4.99 Å². The second-order valence-electron chi connectivity index (χ2n) is 6.76. The minimum Gasteiger partial charge on any atom is -0.382 e. The number of benzene rings is 1. The van der Waals surface area contributed by atoms with Gasteiger partial charge < -0.3 is 20.1 Å². The Kier molecular flexibility index (Phi) is 9.42. The van der Waals surface area contributed by atoms with Gasteiger partial charge in [0.05, 0.1) is 13.2 Å². The number of hydrogen-bond acceptors (Lipinski definition) is 3. The number of guanidine groups is 1. The van der Waals surface area contributed by atoms with E-state index in [4.69, 9.17) is 9.47 Å². The molecule has 0 saturated carbocycles. The van der Waals surface area contributed by atoms with Crippen LogP contribution >= 0.6 is 0 Å². The first-order valence-electron chi connectivity index (χ1n) is 8.58. The Morgan fingerprint density at radius 3 is 2.33 bits per heavy atom. The van der Waals surface area contributed by atoms with Gasteiger partial charge in [0.2, 0.25) is 0 Å². The third-order valence-corrected chi connectivity index (χ3v) is 3.69. The van der Waals surface area contributed by atoms with E-state index in [0.717, 1.165) is 32.1 Å². The Balaban J connectivity index is 2.26. The normalized spacial score (nSPS) is 12.3. The van der Waals surface area contributed by atoms with Crippen molar-refractivity contribution in [2.75, 3.05) is 40.5 Å². The van der Waals surface area contributed by atoms with Gasteiger partial charge in [-0.3, -0.25) is 4.99 Å². The van der Waals surface area contributed by atoms with Gasteiger partial charge in [-0.1, -0.05) is 45.0 Å². The smallest absolute Gasteiger partial charge is 0.191 e. The Morgan fingerprint density at radius 2 is 1.75 bits per heavy atom. The summed E-state index contributed by atoms with van der Waals surface area (Å²) in [6.07, 6.45) is 0.935. The number of hydrogen-bond donors (Lipinski definition) is 2. The fourth-order valence-corrected chi connectivity index (χ4v) is 2.15. The van der Waals surface area contributed by atoms with E-state index in [2.05, 4.69) is 60.7 Å². The Labute approximate surface area is 146 Å². The number of methoxy groups -OCH3 is 1. The van der Waals surface area contributed by atoms with Crippen LogP contribution in [0.25, 0.3) is 0 Å². The summed E-state index contributed by atoms with van der Waals surface area (Å²) in [5.74, 6) is 0.812. The molecule has 0 amide bonds. The first kappa shape index (κ1) is 20.5. The van der Waals surface area contributed by atoms with Crippen LogP contribution in [0.4, 0.5) is 0 Å². The molecular weight excluding hydrogens is 302 g/mol. The Hall–Kier alpha value is -1.59. The van der Waals surface area contributed by atoms with Crippen molar-refractivity contribution in [1.29, 1.82) is 0 Å². The molecule has 0 saturated heterocycles. The Bertz CT molecular complexity index is 478. The number of ether oxygens (including phenoxy) is 2. The second kappa shape index (κ2) is 11.0. The van der Waals surface area contributed by atoms with E-state index in [1.807, 2.05) is 0 Å². The number of nitrogens with zero attached hydrogens (tertiary/aromatic N) is 1. The maximum atomic E-state index is 5.43. The maximum absolute atomic E-state index is 5.43. The van der Waals surface area contributed by atoms with E-state index in [0.29, 0.717) is 13.2 Å². The van der Waals surface area contributed by atoms with E-state index in [-0.39, 0.29) is 5.41 Å². The third-order valence-electron chi connectivity index (χ3n) is 3.69. The van der Waals surface area contributed by atoms with E-state index in [1.54, 1.807) is 14.2 Å². The van der Waals surface area contributed by atoms with Crippen molar-refractivity contribution in [3.05, 3.63) is 35.4 Å². The van der Waals surface area contributed by atoms with Crippen LogP contribution in [-0.4, -0.2) is 46.5 Å². The molecule has 5 heteroatoms. The molecule has 0 aliphatic heterocycles. The molecule has 0 radical (unpaired) electrons. The summed E-state index contributed by atoms with van der Waals surface area (Å²) in [6.45, 7) is 10.3. The van der Waals surface area contributed by atoms with E-state index in [9.17, 15) is 0 Å². The topological polar surface area (TPSA) is 54.9 Å². The Morgan fingerprint density at radius 1 is 1.04 bits per heavy atom. The lowest BCUT2D eigenvalue weighted by Gasteiger charge is -2.19. The monoisotopic (exact) mass is 335 g/mol. The molecule has 0 bridgehead atoms. The predicted octanol–water partition coefficient (Wildman–Crippen LogP) is 2.70. The lowest BCUT2D eigenvalue weighted by molar-refractivity contribution is 0.0698. The van der Waals surface area contributed by atoms with Gasteiger partial charge in [-0.05, 0) is 23.0 Å². The summed E-state index contributed by atoms with van der Waals surface area (Å²) in [6, 6.07) is 8.74. The average molecular weight is 335 g/mol. The molecule has 136 valence electrons. The highest BCUT2D eigenvalue weighted by molar-refractivity contribution is 5.79. The fraction of sp³-hybridized carbons (Fsp3) is 0.632. The molecule has 0 atom stereocenters. The fourth-order valence-electron chi connectivity index (χ4n) is 2.15. The van der Waals surface area contributed by atoms with E-state index in [1.165, 1.54) is 11.1 Å². The summed E-state index contributed by atoms with van der Waals surface area (Å²) < 4.78 is 10.4. The maximum Gasteiger partial charge on any atom is 0.191 e. The zero-order valence-electron chi connectivity index (χ0n) is 15.8. The van der Waals surface area contributed by atoms with Crippen molar-refractivity contribution in [3.63, 3.8) is 0 Å². The quantitative estimate of drug-likeness (QED) is 0.414. The SMILES string of the molecule is CN=C(NCCCOCCOC)NCc1ccc(C(C)(C)C)cc1. The second-order valence-corrected chi connectivity index (χ2v) is 6.76. The van der Waals surface area contributed by atoms with Gasteiger partial charge in [0.15, 0.2) is 5.96 Å². The highest BCUT2D eigenvalue weighted by Crippen LogP contribution is 2.22. The summed E-state index contributed by atoms with van der Waals surface area (Å²) in [5, 5.41) is 6.63. The van der Waals surface area contributed by atoms with Crippen LogP contribution < -0.4 is 10.6 Å². The zero-order chi connectivity index (χ0) is 17.8. The predicted molar refractivity (Wildman–Crippen MR) is 101 cm³/mol.